The van der Waals surface area contributed by atoms with Crippen molar-refractivity contribution >= 4 is 21.6 Å². The average Bonchev–Trinajstić information content (AvgIpc) is 3.09. The number of rotatable bonds is 8. The Labute approximate surface area is 210 Å². The van der Waals surface area contributed by atoms with Gasteiger partial charge in [0.25, 0.3) is 0 Å². The van der Waals surface area contributed by atoms with Gasteiger partial charge in [-0.15, -0.1) is 0 Å². The van der Waals surface area contributed by atoms with Crippen LogP contribution in [0.4, 0.5) is 5.69 Å². The number of amides is 1. The molecular weight excluding hydrogens is 460 g/mol. The number of anilines is 1. The van der Waals surface area contributed by atoms with Crippen molar-refractivity contribution in [3.8, 4) is 0 Å². The number of hydrogen-bond donors (Lipinski definition) is 1. The van der Waals surface area contributed by atoms with Crippen molar-refractivity contribution in [2.24, 2.45) is 0 Å². The maximum atomic E-state index is 13.0. The molecule has 2 fully saturated rings. The Morgan fingerprint density at radius 2 is 1.54 bits per heavy atom. The molecule has 0 bridgehead atoms. The molecule has 2 aromatic carbocycles. The first-order valence-electron chi connectivity index (χ1n) is 12.8. The number of sulfonamides is 1. The molecule has 2 aliphatic rings. The fourth-order valence-corrected chi connectivity index (χ4v) is 6.52. The predicted molar refractivity (Wildman–Crippen MR) is 140 cm³/mol. The van der Waals surface area contributed by atoms with Crippen molar-refractivity contribution in [2.75, 3.05) is 45.1 Å². The van der Waals surface area contributed by atoms with Gasteiger partial charge in [-0.05, 0) is 62.2 Å². The van der Waals surface area contributed by atoms with E-state index in [0.717, 1.165) is 64.8 Å². The molecule has 1 aliphatic carbocycles. The quantitative estimate of drug-likeness (QED) is 0.600. The summed E-state index contributed by atoms with van der Waals surface area (Å²) < 4.78 is 27.6. The molecule has 2 aromatic rings. The Bertz CT molecular complexity index is 1050. The monoisotopic (exact) mass is 498 g/mol. The third-order valence-corrected chi connectivity index (χ3v) is 9.13. The Morgan fingerprint density at radius 1 is 0.886 bits per heavy atom. The van der Waals surface area contributed by atoms with Crippen LogP contribution in [0.1, 0.15) is 44.1 Å². The predicted octanol–water partition coefficient (Wildman–Crippen LogP) is 3.79. The van der Waals surface area contributed by atoms with Crippen LogP contribution in [0.3, 0.4) is 0 Å². The van der Waals surface area contributed by atoms with Gasteiger partial charge in [0.2, 0.25) is 15.9 Å². The lowest BCUT2D eigenvalue weighted by Crippen LogP contribution is -2.38. The number of hydrogen-bond acceptors (Lipinski definition) is 5. The standard InChI is InChI=1S/C27H38N4O3S/c1-29(25-11-6-3-7-12-25)35(33,34)26-15-13-24(14-16-26)28-27(32)22-31-18-8-17-30(19-20-31)21-23-9-4-2-5-10-23/h2,4-5,9-10,13-16,25H,3,6-8,11-12,17-22H2,1H3,(H,28,32). The summed E-state index contributed by atoms with van der Waals surface area (Å²) in [5, 5.41) is 2.93. The van der Waals surface area contributed by atoms with Gasteiger partial charge in [0.15, 0.2) is 0 Å². The SMILES string of the molecule is CN(C1CCCCC1)S(=O)(=O)c1ccc(NC(=O)CN2CCCN(Cc3ccccc3)CC2)cc1. The number of nitrogens with zero attached hydrogens (tertiary/aromatic N) is 3. The summed E-state index contributed by atoms with van der Waals surface area (Å²) >= 11 is 0. The Hall–Kier alpha value is -2.26. The normalized spacial score (nSPS) is 18.9. The maximum Gasteiger partial charge on any atom is 0.243 e. The molecule has 0 atom stereocenters. The highest BCUT2D eigenvalue weighted by Gasteiger charge is 2.29. The van der Waals surface area contributed by atoms with Crippen LogP contribution in [0.2, 0.25) is 0 Å². The lowest BCUT2D eigenvalue weighted by atomic mass is 9.96. The molecule has 7 nitrogen and oxygen atoms in total. The van der Waals surface area contributed by atoms with E-state index in [1.54, 1.807) is 31.3 Å². The summed E-state index contributed by atoms with van der Waals surface area (Å²) in [6.07, 6.45) is 6.22. The van der Waals surface area contributed by atoms with Crippen LogP contribution < -0.4 is 5.32 Å². The molecule has 0 radical (unpaired) electrons. The molecular formula is C27H38N4O3S. The van der Waals surface area contributed by atoms with E-state index in [1.807, 2.05) is 6.07 Å². The summed E-state index contributed by atoms with van der Waals surface area (Å²) in [4.78, 5) is 17.6. The fourth-order valence-electron chi connectivity index (χ4n) is 5.10. The highest BCUT2D eigenvalue weighted by Crippen LogP contribution is 2.27. The van der Waals surface area contributed by atoms with E-state index < -0.39 is 10.0 Å². The molecule has 35 heavy (non-hydrogen) atoms. The first-order valence-corrected chi connectivity index (χ1v) is 14.2. The van der Waals surface area contributed by atoms with Crippen molar-refractivity contribution in [2.45, 2.75) is 56.0 Å². The zero-order valence-electron chi connectivity index (χ0n) is 20.7. The average molecular weight is 499 g/mol. The molecule has 0 unspecified atom stereocenters. The number of benzene rings is 2. The first kappa shape index (κ1) is 25.8. The Kier molecular flexibility index (Phi) is 8.94. The van der Waals surface area contributed by atoms with Crippen LogP contribution in [0.15, 0.2) is 59.5 Å². The largest absolute Gasteiger partial charge is 0.325 e. The number of nitrogens with one attached hydrogen (secondary N) is 1. The summed E-state index contributed by atoms with van der Waals surface area (Å²) in [6.45, 7) is 4.98. The zero-order chi connectivity index (χ0) is 24.7. The fraction of sp³-hybridized carbons (Fsp3) is 0.519. The zero-order valence-corrected chi connectivity index (χ0v) is 21.5. The van der Waals surface area contributed by atoms with E-state index in [0.29, 0.717) is 12.2 Å². The third kappa shape index (κ3) is 7.13. The van der Waals surface area contributed by atoms with Crippen LogP contribution >= 0.6 is 0 Å². The van der Waals surface area contributed by atoms with Crippen LogP contribution in [0.5, 0.6) is 0 Å². The first-order chi connectivity index (χ1) is 16.9. The van der Waals surface area contributed by atoms with Gasteiger partial charge < -0.3 is 5.32 Å². The van der Waals surface area contributed by atoms with Crippen LogP contribution in [0, 0.1) is 0 Å². The lowest BCUT2D eigenvalue weighted by Gasteiger charge is -2.30. The van der Waals surface area contributed by atoms with E-state index in [2.05, 4.69) is 39.4 Å². The molecule has 1 amide bonds. The lowest BCUT2D eigenvalue weighted by molar-refractivity contribution is -0.117. The van der Waals surface area contributed by atoms with E-state index in [4.69, 9.17) is 0 Å². The highest BCUT2D eigenvalue weighted by molar-refractivity contribution is 7.89. The van der Waals surface area contributed by atoms with Crippen molar-refractivity contribution in [3.05, 3.63) is 60.2 Å². The van der Waals surface area contributed by atoms with E-state index in [1.165, 1.54) is 16.3 Å². The van der Waals surface area contributed by atoms with Crippen LogP contribution in [0.25, 0.3) is 0 Å². The minimum atomic E-state index is -3.53. The van der Waals surface area contributed by atoms with Gasteiger partial charge in [0.05, 0.1) is 11.4 Å². The minimum absolute atomic E-state index is 0.0727. The van der Waals surface area contributed by atoms with Gasteiger partial charge in [0, 0.05) is 38.4 Å². The summed E-state index contributed by atoms with van der Waals surface area (Å²) in [5.74, 6) is -0.0727. The molecule has 190 valence electrons. The Balaban J connectivity index is 1.27. The molecule has 1 saturated heterocycles. The van der Waals surface area contributed by atoms with Crippen LogP contribution in [-0.4, -0.2) is 74.2 Å². The van der Waals surface area contributed by atoms with Gasteiger partial charge >= 0.3 is 0 Å². The maximum absolute atomic E-state index is 13.0. The third-order valence-electron chi connectivity index (χ3n) is 7.20. The van der Waals surface area contributed by atoms with Gasteiger partial charge in [-0.3, -0.25) is 14.6 Å². The van der Waals surface area contributed by atoms with Crippen molar-refractivity contribution < 1.29 is 13.2 Å². The second-order valence-corrected chi connectivity index (χ2v) is 11.8. The Morgan fingerprint density at radius 3 is 2.26 bits per heavy atom. The topological polar surface area (TPSA) is 73.0 Å². The van der Waals surface area contributed by atoms with Gasteiger partial charge in [0.1, 0.15) is 0 Å². The van der Waals surface area contributed by atoms with Crippen LogP contribution in [-0.2, 0) is 21.4 Å². The van der Waals surface area contributed by atoms with Gasteiger partial charge in [-0.1, -0.05) is 49.6 Å². The van der Waals surface area contributed by atoms with E-state index in [-0.39, 0.29) is 16.8 Å². The molecule has 8 heteroatoms. The van der Waals surface area contributed by atoms with Gasteiger partial charge in [-0.2, -0.15) is 4.31 Å². The second-order valence-electron chi connectivity index (χ2n) is 9.78. The van der Waals surface area contributed by atoms with Gasteiger partial charge in [-0.25, -0.2) is 8.42 Å². The molecule has 1 aliphatic heterocycles. The number of carbonyl (C=O) groups excluding carboxylic acids is 1. The summed E-state index contributed by atoms with van der Waals surface area (Å²) in [5.41, 5.74) is 1.93. The summed E-state index contributed by atoms with van der Waals surface area (Å²) in [7, 11) is -1.85. The van der Waals surface area contributed by atoms with Crippen molar-refractivity contribution in [3.63, 3.8) is 0 Å². The molecule has 1 saturated carbocycles. The van der Waals surface area contributed by atoms with E-state index in [9.17, 15) is 13.2 Å². The molecule has 1 N–H and O–H groups in total. The van der Waals surface area contributed by atoms with E-state index >= 15 is 0 Å². The molecule has 0 spiro atoms. The smallest absolute Gasteiger partial charge is 0.243 e. The van der Waals surface area contributed by atoms with Crippen molar-refractivity contribution in [1.82, 2.24) is 14.1 Å². The highest BCUT2D eigenvalue weighted by atomic mass is 32.2. The second kappa shape index (κ2) is 12.1. The summed E-state index contributed by atoms with van der Waals surface area (Å²) in [6, 6.07) is 17.1. The minimum Gasteiger partial charge on any atom is -0.325 e. The molecule has 4 rings (SSSR count). The van der Waals surface area contributed by atoms with Crippen molar-refractivity contribution in [1.29, 1.82) is 0 Å². The molecule has 1 heterocycles. The molecule has 0 aromatic heterocycles. The number of carbonyl (C=O) groups is 1.